The Balaban J connectivity index is 1.63. The first-order valence-corrected chi connectivity index (χ1v) is 9.48. The summed E-state index contributed by atoms with van der Waals surface area (Å²) in [5.41, 5.74) is 4.57. The van der Waals surface area contributed by atoms with E-state index >= 15 is 0 Å². The third-order valence-corrected chi connectivity index (χ3v) is 4.85. The number of hydrogen-bond donors (Lipinski definition) is 2. The number of alkyl halides is 3. The van der Waals surface area contributed by atoms with Crippen LogP contribution in [0.4, 0.5) is 24.5 Å². The summed E-state index contributed by atoms with van der Waals surface area (Å²) < 4.78 is 42.3. The highest BCUT2D eigenvalue weighted by molar-refractivity contribution is 6.44. The number of nitrogens with zero attached hydrogens (tertiary/aromatic N) is 4. The maximum absolute atomic E-state index is 13.7. The zero-order chi connectivity index (χ0) is 22.9. The molecule has 1 aliphatic rings. The standard InChI is InChI=1S/C21H17F3N6O2/c22-21(23,24)15-11-14(29-10-4-9-26-29)7-8-16(15)27-20(32)17-12-18(19(25)31)30(28-17)13-5-2-1-3-6-13/h1-11,18H,12H2,(H2,25,31)(H,27,32). The molecular formula is C21H17F3N6O2. The lowest BCUT2D eigenvalue weighted by atomic mass is 10.1. The number of carbonyl (C=O) groups excluding carboxylic acids is 2. The summed E-state index contributed by atoms with van der Waals surface area (Å²) in [6.45, 7) is 0. The Morgan fingerprint density at radius 2 is 1.81 bits per heavy atom. The van der Waals surface area contributed by atoms with Crippen molar-refractivity contribution in [2.45, 2.75) is 18.6 Å². The topological polar surface area (TPSA) is 106 Å². The number of nitrogens with two attached hydrogens (primary N) is 1. The van der Waals surface area contributed by atoms with Crippen molar-refractivity contribution in [3.05, 3.63) is 72.6 Å². The number of anilines is 2. The fourth-order valence-corrected chi connectivity index (χ4v) is 3.32. The number of hydrazone groups is 1. The molecular weight excluding hydrogens is 425 g/mol. The number of benzene rings is 2. The van der Waals surface area contributed by atoms with Crippen LogP contribution in [0, 0.1) is 0 Å². The predicted octanol–water partition coefficient (Wildman–Crippen LogP) is 2.95. The molecule has 0 radical (unpaired) electrons. The van der Waals surface area contributed by atoms with Crippen molar-refractivity contribution in [3.63, 3.8) is 0 Å². The van der Waals surface area contributed by atoms with Crippen molar-refractivity contribution >= 4 is 28.9 Å². The summed E-state index contributed by atoms with van der Waals surface area (Å²) >= 11 is 0. The number of amides is 2. The number of hydrogen-bond acceptors (Lipinski definition) is 5. The molecule has 1 aliphatic heterocycles. The molecule has 1 aromatic heterocycles. The zero-order valence-corrected chi connectivity index (χ0v) is 16.5. The molecule has 32 heavy (non-hydrogen) atoms. The summed E-state index contributed by atoms with van der Waals surface area (Å²) in [5.74, 6) is -1.56. The average molecular weight is 442 g/mol. The van der Waals surface area contributed by atoms with Gasteiger partial charge in [0.15, 0.2) is 0 Å². The van der Waals surface area contributed by atoms with Crippen LogP contribution >= 0.6 is 0 Å². The minimum Gasteiger partial charge on any atom is -0.368 e. The molecule has 0 spiro atoms. The number of primary amides is 1. The van der Waals surface area contributed by atoms with E-state index in [1.807, 2.05) is 0 Å². The summed E-state index contributed by atoms with van der Waals surface area (Å²) in [6.07, 6.45) is -1.92. The van der Waals surface area contributed by atoms with Crippen molar-refractivity contribution in [3.8, 4) is 5.69 Å². The van der Waals surface area contributed by atoms with E-state index < -0.39 is 35.3 Å². The number of carbonyl (C=O) groups is 2. The van der Waals surface area contributed by atoms with Gasteiger partial charge in [0.25, 0.3) is 5.91 Å². The maximum atomic E-state index is 13.7. The van der Waals surface area contributed by atoms with Crippen LogP contribution in [-0.2, 0) is 15.8 Å². The lowest BCUT2D eigenvalue weighted by Gasteiger charge is -2.20. The number of rotatable bonds is 5. The molecule has 3 aromatic rings. The monoisotopic (exact) mass is 442 g/mol. The van der Waals surface area contributed by atoms with Gasteiger partial charge in [0.05, 0.1) is 22.6 Å². The Hall–Kier alpha value is -4.15. The highest BCUT2D eigenvalue weighted by Gasteiger charge is 2.37. The Morgan fingerprint density at radius 1 is 1.06 bits per heavy atom. The fraction of sp³-hybridized carbons (Fsp3) is 0.143. The molecule has 2 aromatic carbocycles. The van der Waals surface area contributed by atoms with Crippen molar-refractivity contribution in [1.82, 2.24) is 9.78 Å². The highest BCUT2D eigenvalue weighted by atomic mass is 19.4. The van der Waals surface area contributed by atoms with Gasteiger partial charge in [-0.25, -0.2) is 4.68 Å². The third-order valence-electron chi connectivity index (χ3n) is 4.85. The molecule has 11 heteroatoms. The molecule has 2 heterocycles. The summed E-state index contributed by atoms with van der Waals surface area (Å²) in [7, 11) is 0. The molecule has 0 saturated carbocycles. The van der Waals surface area contributed by atoms with Crippen molar-refractivity contribution < 1.29 is 22.8 Å². The quantitative estimate of drug-likeness (QED) is 0.634. The Kier molecular flexibility index (Phi) is 5.39. The van der Waals surface area contributed by atoms with Gasteiger partial charge in [0, 0.05) is 18.8 Å². The van der Waals surface area contributed by atoms with Gasteiger partial charge < -0.3 is 11.1 Å². The van der Waals surface area contributed by atoms with E-state index in [2.05, 4.69) is 15.5 Å². The lowest BCUT2D eigenvalue weighted by molar-refractivity contribution is -0.137. The molecule has 1 atom stereocenters. The second kappa shape index (κ2) is 8.17. The largest absolute Gasteiger partial charge is 0.418 e. The van der Waals surface area contributed by atoms with E-state index in [9.17, 15) is 22.8 Å². The van der Waals surface area contributed by atoms with Crippen LogP contribution < -0.4 is 16.1 Å². The van der Waals surface area contributed by atoms with Gasteiger partial charge in [-0.2, -0.15) is 23.4 Å². The molecule has 2 amide bonds. The predicted molar refractivity (Wildman–Crippen MR) is 111 cm³/mol. The first-order valence-electron chi connectivity index (χ1n) is 9.48. The first kappa shape index (κ1) is 21.1. The molecule has 8 nitrogen and oxygen atoms in total. The average Bonchev–Trinajstić information content (AvgIpc) is 3.44. The van der Waals surface area contributed by atoms with Gasteiger partial charge >= 0.3 is 6.18 Å². The molecule has 1 unspecified atom stereocenters. The zero-order valence-electron chi connectivity index (χ0n) is 16.5. The molecule has 4 rings (SSSR count). The van der Waals surface area contributed by atoms with Crippen molar-refractivity contribution in [2.75, 3.05) is 10.3 Å². The second-order valence-electron chi connectivity index (χ2n) is 6.98. The minimum absolute atomic E-state index is 0.109. The number of aromatic nitrogens is 2. The summed E-state index contributed by atoms with van der Waals surface area (Å²) in [4.78, 5) is 24.6. The van der Waals surface area contributed by atoms with Gasteiger partial charge in [-0.05, 0) is 36.4 Å². The number of para-hydroxylation sites is 1. The smallest absolute Gasteiger partial charge is 0.368 e. The highest BCUT2D eigenvalue weighted by Crippen LogP contribution is 2.36. The van der Waals surface area contributed by atoms with Gasteiger partial charge in [0.1, 0.15) is 11.8 Å². The SMILES string of the molecule is NC(=O)C1CC(C(=O)Nc2ccc(-n3cccn3)cc2C(F)(F)F)=NN1c1ccccc1. The van der Waals surface area contributed by atoms with Crippen LogP contribution in [0.3, 0.4) is 0 Å². The number of nitrogens with one attached hydrogen (secondary N) is 1. The fourth-order valence-electron chi connectivity index (χ4n) is 3.32. The van der Waals surface area contributed by atoms with Crippen molar-refractivity contribution in [1.29, 1.82) is 0 Å². The van der Waals surface area contributed by atoms with Gasteiger partial charge in [-0.15, -0.1) is 0 Å². The van der Waals surface area contributed by atoms with E-state index in [1.54, 1.807) is 36.4 Å². The van der Waals surface area contributed by atoms with Gasteiger partial charge in [0.2, 0.25) is 5.91 Å². The van der Waals surface area contributed by atoms with E-state index in [-0.39, 0.29) is 17.8 Å². The van der Waals surface area contributed by atoms with E-state index in [4.69, 9.17) is 5.73 Å². The van der Waals surface area contributed by atoms with E-state index in [1.165, 1.54) is 28.2 Å². The second-order valence-corrected chi connectivity index (χ2v) is 6.98. The van der Waals surface area contributed by atoms with Crippen molar-refractivity contribution in [2.24, 2.45) is 10.8 Å². The Labute approximate surface area is 180 Å². The molecule has 3 N–H and O–H groups in total. The Morgan fingerprint density at radius 3 is 2.44 bits per heavy atom. The van der Waals surface area contributed by atoms with Crippen LogP contribution in [0.15, 0.2) is 72.1 Å². The van der Waals surface area contributed by atoms with Crippen LogP contribution in [0.5, 0.6) is 0 Å². The first-order chi connectivity index (χ1) is 15.2. The molecule has 0 aliphatic carbocycles. The Bertz CT molecular complexity index is 1180. The third kappa shape index (κ3) is 4.17. The molecule has 0 bridgehead atoms. The summed E-state index contributed by atoms with van der Waals surface area (Å²) in [5, 5.41) is 11.6. The molecule has 0 saturated heterocycles. The minimum atomic E-state index is -4.73. The van der Waals surface area contributed by atoms with Crippen LogP contribution in [0.1, 0.15) is 12.0 Å². The van der Waals surface area contributed by atoms with E-state index in [0.717, 1.165) is 12.1 Å². The van der Waals surface area contributed by atoms with Crippen LogP contribution in [0.2, 0.25) is 0 Å². The van der Waals surface area contributed by atoms with Crippen LogP contribution in [0.25, 0.3) is 5.69 Å². The number of halogens is 3. The normalized spacial score (nSPS) is 16.0. The van der Waals surface area contributed by atoms with Gasteiger partial charge in [-0.1, -0.05) is 18.2 Å². The maximum Gasteiger partial charge on any atom is 0.418 e. The summed E-state index contributed by atoms with van der Waals surface area (Å²) in [6, 6.07) is 12.6. The molecule has 164 valence electrons. The van der Waals surface area contributed by atoms with E-state index in [0.29, 0.717) is 5.69 Å². The lowest BCUT2D eigenvalue weighted by Crippen LogP contribution is -2.39. The van der Waals surface area contributed by atoms with Gasteiger partial charge in [-0.3, -0.25) is 14.6 Å². The van der Waals surface area contributed by atoms with Crippen LogP contribution in [-0.4, -0.2) is 33.3 Å². The molecule has 0 fully saturated rings.